The van der Waals surface area contributed by atoms with Crippen molar-refractivity contribution in [1.82, 2.24) is 9.80 Å². The predicted octanol–water partition coefficient (Wildman–Crippen LogP) is 5.77. The number of benzene rings is 2. The number of allylic oxidation sites excluding steroid dienone is 2. The number of carbonyl (C=O) groups is 2. The topological polar surface area (TPSA) is 75.9 Å². The molecule has 1 spiro atoms. The van der Waals surface area contributed by atoms with Gasteiger partial charge in [0.1, 0.15) is 11.5 Å². The number of likely N-dealkylation sites (tertiary alicyclic amines) is 2. The Balaban J connectivity index is 1.33. The fraction of sp³-hybridized carbons (Fsp3) is 0.375. The average molecular weight is 542 g/mol. The average Bonchev–Trinajstić information content (AvgIpc) is 3.26. The van der Waals surface area contributed by atoms with Gasteiger partial charge in [-0.05, 0) is 86.3 Å². The maximum absolute atomic E-state index is 12.8. The highest BCUT2D eigenvalue weighted by atomic mass is 32.2. The lowest BCUT2D eigenvalue weighted by molar-refractivity contribution is -0.130. The SMILES string of the molecule is CC#CC(=O)N1CCCC12CCN(C1=CCC(C)C(c3ccc(Oc4ccccc4)cc3)=C(C(N)=O)S1)CC2. The van der Waals surface area contributed by atoms with E-state index in [4.69, 9.17) is 10.5 Å². The highest BCUT2D eigenvalue weighted by molar-refractivity contribution is 8.07. The van der Waals surface area contributed by atoms with Crippen LogP contribution in [-0.4, -0.2) is 46.8 Å². The minimum Gasteiger partial charge on any atom is -0.457 e. The molecular weight excluding hydrogens is 506 g/mol. The largest absolute Gasteiger partial charge is 0.457 e. The van der Waals surface area contributed by atoms with Gasteiger partial charge in [0.15, 0.2) is 0 Å². The summed E-state index contributed by atoms with van der Waals surface area (Å²) in [6.07, 6.45) is 6.93. The molecule has 3 aliphatic heterocycles. The van der Waals surface area contributed by atoms with Gasteiger partial charge in [-0.2, -0.15) is 0 Å². The molecule has 0 saturated carbocycles. The molecule has 2 aromatic rings. The normalized spacial score (nSPS) is 20.7. The van der Waals surface area contributed by atoms with E-state index in [9.17, 15) is 9.59 Å². The van der Waals surface area contributed by atoms with Crippen molar-refractivity contribution in [2.24, 2.45) is 11.7 Å². The number of carbonyl (C=O) groups excluding carboxylic acids is 2. The van der Waals surface area contributed by atoms with Gasteiger partial charge >= 0.3 is 0 Å². The molecule has 1 unspecified atom stereocenters. The second kappa shape index (κ2) is 11.6. The molecule has 0 bridgehead atoms. The lowest BCUT2D eigenvalue weighted by Crippen LogP contribution is -2.53. The van der Waals surface area contributed by atoms with Crippen LogP contribution in [0.25, 0.3) is 5.57 Å². The first-order valence-corrected chi connectivity index (χ1v) is 14.5. The van der Waals surface area contributed by atoms with E-state index < -0.39 is 5.91 Å². The second-order valence-corrected chi connectivity index (χ2v) is 11.5. The minimum atomic E-state index is -0.404. The lowest BCUT2D eigenvalue weighted by atomic mass is 9.85. The maximum atomic E-state index is 12.8. The summed E-state index contributed by atoms with van der Waals surface area (Å²) < 4.78 is 5.96. The first-order valence-electron chi connectivity index (χ1n) is 13.6. The van der Waals surface area contributed by atoms with Crippen LogP contribution in [0.5, 0.6) is 11.5 Å². The van der Waals surface area contributed by atoms with E-state index in [-0.39, 0.29) is 17.4 Å². The zero-order chi connectivity index (χ0) is 27.4. The molecule has 0 radical (unpaired) electrons. The van der Waals surface area contributed by atoms with Gasteiger partial charge in [-0.25, -0.2) is 0 Å². The van der Waals surface area contributed by atoms with Crippen LogP contribution in [-0.2, 0) is 9.59 Å². The van der Waals surface area contributed by atoms with Gasteiger partial charge in [0.05, 0.1) is 9.93 Å². The Kier molecular flexibility index (Phi) is 8.04. The summed E-state index contributed by atoms with van der Waals surface area (Å²) in [4.78, 5) is 30.4. The van der Waals surface area contributed by atoms with Crippen molar-refractivity contribution in [2.45, 2.75) is 51.5 Å². The van der Waals surface area contributed by atoms with E-state index >= 15 is 0 Å². The van der Waals surface area contributed by atoms with Gasteiger partial charge in [-0.1, -0.05) is 61.0 Å². The molecule has 2 aromatic carbocycles. The van der Waals surface area contributed by atoms with Gasteiger partial charge in [0, 0.05) is 25.2 Å². The molecular formula is C32H35N3O3S. The summed E-state index contributed by atoms with van der Waals surface area (Å²) in [5.74, 6) is 6.70. The van der Waals surface area contributed by atoms with E-state index in [2.05, 4.69) is 29.7 Å². The minimum absolute atomic E-state index is 0.0518. The van der Waals surface area contributed by atoms with E-state index in [1.165, 1.54) is 11.8 Å². The van der Waals surface area contributed by atoms with Crippen molar-refractivity contribution in [3.05, 3.63) is 76.2 Å². The Morgan fingerprint density at radius 1 is 1.00 bits per heavy atom. The molecule has 2 N–H and O–H groups in total. The van der Waals surface area contributed by atoms with Gasteiger partial charge in [0.25, 0.3) is 11.8 Å². The molecule has 5 rings (SSSR count). The summed E-state index contributed by atoms with van der Waals surface area (Å²) >= 11 is 1.48. The van der Waals surface area contributed by atoms with Gasteiger partial charge in [-0.15, -0.1) is 0 Å². The van der Waals surface area contributed by atoms with Crippen LogP contribution < -0.4 is 10.5 Å². The van der Waals surface area contributed by atoms with E-state index in [0.717, 1.165) is 79.4 Å². The van der Waals surface area contributed by atoms with E-state index in [1.54, 1.807) is 6.92 Å². The Bertz CT molecular complexity index is 1350. The number of rotatable bonds is 5. The highest BCUT2D eigenvalue weighted by Gasteiger charge is 2.45. The maximum Gasteiger partial charge on any atom is 0.298 e. The first kappa shape index (κ1) is 27.0. The summed E-state index contributed by atoms with van der Waals surface area (Å²) in [6.45, 7) is 6.32. The number of piperidine rings is 1. The standard InChI is InChI=1S/C32H35N3O3S/c1-3-8-27(36)35-20-7-17-32(35)18-21-34(22-19-32)28-16-11-23(2)29(30(39-28)31(33)37)24-12-14-26(15-13-24)38-25-9-5-4-6-10-25/h4-6,9-10,12-16,23H,7,11,17-22H2,1-2H3,(H2,33,37). The van der Waals surface area contributed by atoms with Crippen LogP contribution in [0.15, 0.2) is 70.6 Å². The molecule has 7 heteroatoms. The zero-order valence-corrected chi connectivity index (χ0v) is 23.4. The Morgan fingerprint density at radius 3 is 2.36 bits per heavy atom. The fourth-order valence-electron chi connectivity index (χ4n) is 6.03. The van der Waals surface area contributed by atoms with Crippen LogP contribution in [0.1, 0.15) is 51.5 Å². The summed E-state index contributed by atoms with van der Waals surface area (Å²) in [5, 5.41) is 1.08. The number of primary amides is 1. The number of hydrogen-bond donors (Lipinski definition) is 1. The van der Waals surface area contributed by atoms with Crippen molar-refractivity contribution in [1.29, 1.82) is 0 Å². The molecule has 6 nitrogen and oxygen atoms in total. The lowest BCUT2D eigenvalue weighted by Gasteiger charge is -2.45. The van der Waals surface area contributed by atoms with Crippen LogP contribution in [0.4, 0.5) is 0 Å². The Labute approximate surface area is 235 Å². The summed E-state index contributed by atoms with van der Waals surface area (Å²) in [5.41, 5.74) is 7.84. The predicted molar refractivity (Wildman–Crippen MR) is 156 cm³/mol. The summed E-state index contributed by atoms with van der Waals surface area (Å²) in [6, 6.07) is 17.6. The molecule has 202 valence electrons. The Hall–Kier alpha value is -3.63. The fourth-order valence-corrected chi connectivity index (χ4v) is 7.26. The molecule has 2 fully saturated rings. The monoisotopic (exact) mass is 541 g/mol. The van der Waals surface area contributed by atoms with E-state index in [0.29, 0.717) is 4.91 Å². The van der Waals surface area contributed by atoms with Gasteiger partial charge in [-0.3, -0.25) is 9.59 Å². The quantitative estimate of drug-likeness (QED) is 0.487. The number of para-hydroxylation sites is 1. The van der Waals surface area contributed by atoms with E-state index in [1.807, 2.05) is 59.5 Å². The summed E-state index contributed by atoms with van der Waals surface area (Å²) in [7, 11) is 0. The van der Waals surface area contributed by atoms with Crippen molar-refractivity contribution in [3.8, 4) is 23.3 Å². The molecule has 2 saturated heterocycles. The number of amides is 2. The molecule has 39 heavy (non-hydrogen) atoms. The van der Waals surface area contributed by atoms with Crippen molar-refractivity contribution in [2.75, 3.05) is 19.6 Å². The third kappa shape index (κ3) is 5.72. The molecule has 3 heterocycles. The van der Waals surface area contributed by atoms with Crippen LogP contribution >= 0.6 is 11.8 Å². The number of thioether (sulfide) groups is 1. The smallest absolute Gasteiger partial charge is 0.298 e. The van der Waals surface area contributed by atoms with Crippen LogP contribution in [0.2, 0.25) is 0 Å². The number of ether oxygens (including phenoxy) is 1. The van der Waals surface area contributed by atoms with Crippen molar-refractivity contribution in [3.63, 3.8) is 0 Å². The third-order valence-electron chi connectivity index (χ3n) is 8.04. The number of nitrogens with two attached hydrogens (primary N) is 1. The molecule has 3 aliphatic rings. The zero-order valence-electron chi connectivity index (χ0n) is 22.6. The highest BCUT2D eigenvalue weighted by Crippen LogP contribution is 2.45. The van der Waals surface area contributed by atoms with Crippen LogP contribution in [0, 0.1) is 17.8 Å². The second-order valence-electron chi connectivity index (χ2n) is 10.5. The Morgan fingerprint density at radius 2 is 1.69 bits per heavy atom. The van der Waals surface area contributed by atoms with Gasteiger partial charge in [0.2, 0.25) is 0 Å². The number of nitrogens with zero attached hydrogens (tertiary/aromatic N) is 2. The molecule has 2 amide bonds. The number of hydrogen-bond acceptors (Lipinski definition) is 5. The van der Waals surface area contributed by atoms with Crippen molar-refractivity contribution < 1.29 is 14.3 Å². The molecule has 1 atom stereocenters. The molecule has 0 aromatic heterocycles. The third-order valence-corrected chi connectivity index (χ3v) is 9.30. The van der Waals surface area contributed by atoms with Crippen LogP contribution in [0.3, 0.4) is 0 Å². The molecule has 0 aliphatic carbocycles. The van der Waals surface area contributed by atoms with Crippen molar-refractivity contribution >= 4 is 29.1 Å². The first-order chi connectivity index (χ1) is 18.9. The van der Waals surface area contributed by atoms with Gasteiger partial charge < -0.3 is 20.3 Å².